The number of likely N-dealkylation sites (N-methyl/N-ethyl adjacent to an activating group) is 1. The molecule has 354 valence electrons. The number of nitrogens with zero attached hydrogens (tertiary/aromatic N) is 5. The van der Waals surface area contributed by atoms with Crippen LogP contribution in [0.5, 0.6) is 5.75 Å². The highest BCUT2D eigenvalue weighted by molar-refractivity contribution is 7.12. The topological polar surface area (TPSA) is 197 Å². The minimum Gasteiger partial charge on any atom is -0.508 e. The fraction of sp³-hybridized carbons (Fsp3) is 0.420. The number of aromatic nitrogens is 3. The molecule has 17 heteroatoms. The maximum absolute atomic E-state index is 14.7. The van der Waals surface area contributed by atoms with Crippen LogP contribution in [0.1, 0.15) is 87.1 Å². The molecule has 0 saturated carbocycles. The Bertz CT molecular complexity index is 2710. The third kappa shape index (κ3) is 10.4. The van der Waals surface area contributed by atoms with Crippen LogP contribution in [0.3, 0.4) is 0 Å². The van der Waals surface area contributed by atoms with Crippen molar-refractivity contribution in [3.63, 3.8) is 0 Å². The second-order valence-electron chi connectivity index (χ2n) is 18.4. The predicted molar refractivity (Wildman–Crippen MR) is 257 cm³/mol. The number of phenols is 1. The third-order valence-electron chi connectivity index (χ3n) is 12.4. The highest BCUT2D eigenvalue weighted by Crippen LogP contribution is 2.42. The fourth-order valence-corrected chi connectivity index (χ4v) is 9.86. The molecule has 7 rings (SSSR count). The van der Waals surface area contributed by atoms with Gasteiger partial charge in [-0.3, -0.25) is 34.0 Å². The molecule has 3 aromatic heterocycles. The van der Waals surface area contributed by atoms with Gasteiger partial charge in [-0.1, -0.05) is 46.4 Å². The van der Waals surface area contributed by atoms with Crippen molar-refractivity contribution in [3.05, 3.63) is 94.6 Å². The minimum absolute atomic E-state index is 0.0300. The number of thiazole rings is 1. The van der Waals surface area contributed by atoms with Gasteiger partial charge in [0.2, 0.25) is 11.8 Å². The first-order valence-electron chi connectivity index (χ1n) is 22.6. The third-order valence-corrected chi connectivity index (χ3v) is 13.3. The molecule has 2 aliphatic heterocycles. The molecule has 0 radical (unpaired) electrons. The quantitative estimate of drug-likeness (QED) is 0.0801. The zero-order valence-corrected chi connectivity index (χ0v) is 40.2. The highest BCUT2D eigenvalue weighted by atomic mass is 32.1. The van der Waals surface area contributed by atoms with Crippen molar-refractivity contribution in [1.29, 1.82) is 0 Å². The van der Waals surface area contributed by atoms with Gasteiger partial charge in [0, 0.05) is 67.1 Å². The lowest BCUT2D eigenvalue weighted by Gasteiger charge is -2.36. The summed E-state index contributed by atoms with van der Waals surface area (Å²) in [6.07, 6.45) is 3.97. The molecule has 4 amide bonds. The van der Waals surface area contributed by atoms with Crippen LogP contribution in [0.2, 0.25) is 0 Å². The molecule has 5 aromatic rings. The van der Waals surface area contributed by atoms with Crippen LogP contribution in [0, 0.1) is 11.3 Å². The molecular formula is C50H60N8O8S. The van der Waals surface area contributed by atoms with Gasteiger partial charge in [0.15, 0.2) is 5.01 Å². The van der Waals surface area contributed by atoms with Crippen LogP contribution in [-0.4, -0.2) is 105 Å². The molecule has 16 nitrogen and oxygen atoms in total. The number of pyridine rings is 1. The van der Waals surface area contributed by atoms with Crippen LogP contribution in [0.15, 0.2) is 72.8 Å². The number of amides is 4. The normalized spacial score (nSPS) is 18.4. The molecule has 0 unspecified atom stereocenters. The van der Waals surface area contributed by atoms with Crippen molar-refractivity contribution < 1.29 is 38.6 Å². The van der Waals surface area contributed by atoms with Crippen molar-refractivity contribution >= 4 is 57.7 Å². The Morgan fingerprint density at radius 2 is 1.91 bits per heavy atom. The van der Waals surface area contributed by atoms with Crippen LogP contribution in [0.4, 0.5) is 5.82 Å². The molecule has 2 aromatic carbocycles. The van der Waals surface area contributed by atoms with Gasteiger partial charge >= 0.3 is 5.97 Å². The monoisotopic (exact) mass is 932 g/mol. The Kier molecular flexibility index (Phi) is 14.6. The smallest absolute Gasteiger partial charge is 0.324 e. The lowest BCUT2D eigenvalue weighted by atomic mass is 9.84. The van der Waals surface area contributed by atoms with Gasteiger partial charge in [-0.05, 0) is 104 Å². The van der Waals surface area contributed by atoms with Crippen molar-refractivity contribution in [2.75, 3.05) is 32.6 Å². The van der Waals surface area contributed by atoms with E-state index in [1.165, 1.54) is 22.3 Å². The van der Waals surface area contributed by atoms with E-state index in [1.54, 1.807) is 39.3 Å². The second-order valence-corrected chi connectivity index (χ2v) is 19.2. The number of hydrogen-bond donors (Lipinski definition) is 4. The minimum atomic E-state index is -1.20. The molecule has 0 spiro atoms. The van der Waals surface area contributed by atoms with E-state index < -0.39 is 59.1 Å². The van der Waals surface area contributed by atoms with E-state index in [-0.39, 0.29) is 42.3 Å². The lowest BCUT2D eigenvalue weighted by molar-refractivity contribution is -0.155. The Labute approximate surface area is 394 Å². The number of rotatable bonds is 11. The van der Waals surface area contributed by atoms with E-state index in [0.717, 1.165) is 56.4 Å². The summed E-state index contributed by atoms with van der Waals surface area (Å²) in [5.41, 5.74) is 9.39. The van der Waals surface area contributed by atoms with E-state index in [0.29, 0.717) is 36.9 Å². The molecule has 4 atom stereocenters. The summed E-state index contributed by atoms with van der Waals surface area (Å²) in [7, 11) is 3.15. The first kappa shape index (κ1) is 48.5. The summed E-state index contributed by atoms with van der Waals surface area (Å²) in [5.74, 6) is -2.91. The number of benzene rings is 2. The molecule has 6 bridgehead atoms. The number of anilines is 1. The number of nitrogens with one attached hydrogen (secondary N) is 3. The van der Waals surface area contributed by atoms with Crippen molar-refractivity contribution in [3.8, 4) is 28.1 Å². The van der Waals surface area contributed by atoms with Gasteiger partial charge in [-0.15, -0.1) is 11.3 Å². The van der Waals surface area contributed by atoms with Crippen LogP contribution < -0.4 is 16.1 Å². The Hall–Kier alpha value is -6.43. The van der Waals surface area contributed by atoms with E-state index in [9.17, 15) is 29.1 Å². The number of cyclic esters (lactones) is 1. The Balaban J connectivity index is 1.31. The number of carbonyl (C=O) groups is 5. The van der Waals surface area contributed by atoms with E-state index in [4.69, 9.17) is 14.5 Å². The van der Waals surface area contributed by atoms with Gasteiger partial charge < -0.3 is 34.7 Å². The Morgan fingerprint density at radius 3 is 2.63 bits per heavy atom. The molecule has 67 heavy (non-hydrogen) atoms. The summed E-state index contributed by atoms with van der Waals surface area (Å²) in [6.45, 7) is 16.2. The number of esters is 1. The van der Waals surface area contributed by atoms with Crippen molar-refractivity contribution in [2.45, 2.75) is 98.0 Å². The summed E-state index contributed by atoms with van der Waals surface area (Å²) in [6, 6.07) is 12.2. The number of phenolic OH excluding ortho intramolecular Hbond substituents is 1. The Morgan fingerprint density at radius 1 is 1.13 bits per heavy atom. The average Bonchev–Trinajstić information content (AvgIpc) is 3.90. The average molecular weight is 933 g/mol. The summed E-state index contributed by atoms with van der Waals surface area (Å²) in [5, 5.41) is 20.7. The predicted octanol–water partition coefficient (Wildman–Crippen LogP) is 6.83. The number of fused-ring (bicyclic) bond motifs is 6. The largest absolute Gasteiger partial charge is 0.508 e. The molecule has 2 aliphatic rings. The zero-order valence-electron chi connectivity index (χ0n) is 39.3. The zero-order chi connectivity index (χ0) is 48.3. The standard InChI is InChI=1S/C50H60N8O8S/c1-10-41(60)53-40-26-67-46(54-40)48(63)56(8)43(28(3)4)45(61)52-38-22-30-20-32(23-33(59)21-30)31-16-17-39-35(24-31)36(44(57(39)11-2)34-14-12-18-51-42(34)29(5)65-9)25-50(6,7)27-66-49(64)37-15-13-19-58(55-37)47(38)62/h10,12,14,16-18,20-21,23-24,26,28-29,37-38,43,55,59H,1,11,13,15,19,22,25,27H2,2-9H3,(H,52,61)(H,53,60)/t29-,37-,38-,43-/m0/s1. The molecule has 1 fully saturated rings. The molecule has 1 saturated heterocycles. The number of aryl methyl sites for hydroxylation is 1. The lowest BCUT2D eigenvalue weighted by Crippen LogP contribution is -2.62. The summed E-state index contributed by atoms with van der Waals surface area (Å²) < 4.78 is 14.2. The molecule has 4 N–H and O–H groups in total. The number of hydrogen-bond acceptors (Lipinski definition) is 12. The molecular weight excluding hydrogens is 873 g/mol. The molecule has 0 aliphatic carbocycles. The first-order chi connectivity index (χ1) is 31.9. The first-order valence-corrected chi connectivity index (χ1v) is 23.5. The van der Waals surface area contributed by atoms with Gasteiger partial charge in [0.25, 0.3) is 11.8 Å². The number of methoxy groups -OCH3 is 1. The fourth-order valence-electron chi connectivity index (χ4n) is 9.13. The van der Waals surface area contributed by atoms with E-state index >= 15 is 0 Å². The van der Waals surface area contributed by atoms with Crippen molar-refractivity contribution in [1.82, 2.24) is 35.2 Å². The number of aromatic hydroxyl groups is 1. The maximum atomic E-state index is 14.7. The van der Waals surface area contributed by atoms with Crippen molar-refractivity contribution in [2.24, 2.45) is 11.3 Å². The number of hydrazine groups is 1. The van der Waals surface area contributed by atoms with E-state index in [2.05, 4.69) is 71.2 Å². The van der Waals surface area contributed by atoms with Crippen LogP contribution in [0.25, 0.3) is 33.3 Å². The van der Waals surface area contributed by atoms with Crippen LogP contribution >= 0.6 is 11.3 Å². The molecule has 5 heterocycles. The van der Waals surface area contributed by atoms with E-state index in [1.807, 2.05) is 25.1 Å². The second kappa shape index (κ2) is 20.2. The van der Waals surface area contributed by atoms with Gasteiger partial charge in [0.05, 0.1) is 24.1 Å². The van der Waals surface area contributed by atoms with Gasteiger partial charge in [-0.25, -0.2) is 10.4 Å². The maximum Gasteiger partial charge on any atom is 0.324 e. The number of carbonyl (C=O) groups excluding carboxylic acids is 5. The summed E-state index contributed by atoms with van der Waals surface area (Å²) in [4.78, 5) is 79.1. The highest BCUT2D eigenvalue weighted by Gasteiger charge is 2.38. The van der Waals surface area contributed by atoms with Crippen LogP contribution in [-0.2, 0) is 48.0 Å². The number of ether oxygens (including phenoxy) is 2. The summed E-state index contributed by atoms with van der Waals surface area (Å²) >= 11 is 1.01. The van der Waals surface area contributed by atoms with Gasteiger partial charge in [0.1, 0.15) is 29.7 Å². The SMILES string of the molecule is C=CC(=O)Nc1csc(C(=O)N(C)[C@H](C(=O)N[C@H]2Cc3cc(O)cc(c3)-c3ccc4c(c3)c(c(-c3cccnc3[C@H](C)OC)n4CC)CC(C)(C)COC(=O)[C@@H]3CCCN(N3)C2=O)C(C)C)n1. The van der Waals surface area contributed by atoms with Gasteiger partial charge in [-0.2, -0.15) is 0 Å².